The molecule has 3 heteroatoms. The molecule has 2 aliphatic rings. The Bertz CT molecular complexity index is 1060. The van der Waals surface area contributed by atoms with Crippen LogP contribution in [0.5, 0.6) is 0 Å². The molecule has 0 aliphatic heterocycles. The van der Waals surface area contributed by atoms with Gasteiger partial charge in [0.05, 0.1) is 0 Å². The third-order valence-electron chi connectivity index (χ3n) is 6.46. The molecule has 2 aliphatic carbocycles. The largest absolute Gasteiger partial charge is 0.147 e. The Morgan fingerprint density at radius 3 is 1.26 bits per heavy atom. The van der Waals surface area contributed by atoms with E-state index in [1.807, 2.05) is 0 Å². The van der Waals surface area contributed by atoms with E-state index in [2.05, 4.69) is 127 Å². The Labute approximate surface area is 226 Å². The fourth-order valence-corrected chi connectivity index (χ4v) is 14.8. The molecule has 2 aromatic rings. The third-order valence-corrected chi connectivity index (χ3v) is 14.4. The Hall–Kier alpha value is -1.27. The van der Waals surface area contributed by atoms with E-state index in [9.17, 15) is 0 Å². The standard InChI is InChI=1S/C13H10.2C9H13.2ClH.Zr/c1-3-7-12(8-4-1)11-13-9-5-2-6-10-13;2*1-9(2,3)8-6-4-5-7-8;;;/h1-10H;2*4,6H,5H2,1-3H3;2*1H;. The Balaban J connectivity index is 0.00000204. The van der Waals surface area contributed by atoms with Crippen LogP contribution in [0.25, 0.3) is 0 Å². The molecule has 0 fully saturated rings. The summed E-state index contributed by atoms with van der Waals surface area (Å²) in [4.78, 5) is 0. The number of halogens is 2. The summed E-state index contributed by atoms with van der Waals surface area (Å²) in [7, 11) is 0. The summed E-state index contributed by atoms with van der Waals surface area (Å²) in [5, 5.41) is 0. The Morgan fingerprint density at radius 1 is 0.588 bits per heavy atom. The van der Waals surface area contributed by atoms with Crippen molar-refractivity contribution >= 4 is 28.0 Å². The van der Waals surface area contributed by atoms with Gasteiger partial charge >= 0.3 is 203 Å². The first kappa shape index (κ1) is 29.0. The van der Waals surface area contributed by atoms with Gasteiger partial charge in [0.25, 0.3) is 0 Å². The van der Waals surface area contributed by atoms with E-state index in [1.165, 1.54) is 11.1 Å². The molecule has 0 amide bonds. The summed E-state index contributed by atoms with van der Waals surface area (Å²) in [6, 6.07) is 22.4. The fraction of sp³-hybridized carbons (Fsp3) is 0.323. The molecule has 0 radical (unpaired) electrons. The number of hydrogen-bond donors (Lipinski definition) is 0. The minimum atomic E-state index is -2.48. The van der Waals surface area contributed by atoms with Gasteiger partial charge in [0.15, 0.2) is 0 Å². The quantitative estimate of drug-likeness (QED) is 0.343. The van der Waals surface area contributed by atoms with Crippen LogP contribution in [0.2, 0.25) is 0 Å². The topological polar surface area (TPSA) is 0 Å². The van der Waals surface area contributed by atoms with Crippen LogP contribution in [0.3, 0.4) is 0 Å². The third kappa shape index (κ3) is 6.10. The van der Waals surface area contributed by atoms with E-state index < -0.39 is 21.3 Å². The van der Waals surface area contributed by atoms with Crippen molar-refractivity contribution in [2.45, 2.75) is 54.4 Å². The molecule has 0 atom stereocenters. The molecule has 0 aromatic heterocycles. The van der Waals surface area contributed by atoms with Crippen LogP contribution in [0.4, 0.5) is 0 Å². The van der Waals surface area contributed by atoms with Crippen LogP contribution >= 0.6 is 24.8 Å². The number of rotatable bonds is 4. The van der Waals surface area contributed by atoms with Gasteiger partial charge in [-0.3, -0.25) is 0 Å². The van der Waals surface area contributed by atoms with Gasteiger partial charge in [-0.15, -0.1) is 24.8 Å². The van der Waals surface area contributed by atoms with Crippen molar-refractivity contribution in [1.29, 1.82) is 0 Å². The van der Waals surface area contributed by atoms with Crippen LogP contribution < -0.4 is 0 Å². The van der Waals surface area contributed by atoms with Crippen LogP contribution in [0.1, 0.15) is 65.5 Å². The maximum Gasteiger partial charge on any atom is -0.147 e. The maximum atomic E-state index is 2.43. The van der Waals surface area contributed by atoms with Gasteiger partial charge in [-0.2, -0.15) is 0 Å². The zero-order valence-electron chi connectivity index (χ0n) is 21.3. The second kappa shape index (κ2) is 11.6. The molecule has 0 unspecified atom stereocenters. The monoisotopic (exact) mass is 570 g/mol. The van der Waals surface area contributed by atoms with E-state index in [0.29, 0.717) is 0 Å². The molecule has 0 saturated heterocycles. The number of hydrogen-bond acceptors (Lipinski definition) is 0. The van der Waals surface area contributed by atoms with Crippen molar-refractivity contribution in [2.75, 3.05) is 0 Å². The average molecular weight is 573 g/mol. The molecular formula is C31H38Cl2Zr. The Kier molecular flexibility index (Phi) is 9.92. The van der Waals surface area contributed by atoms with E-state index in [0.717, 1.165) is 12.8 Å². The van der Waals surface area contributed by atoms with Gasteiger partial charge in [-0.1, -0.05) is 0 Å². The molecule has 0 bridgehead atoms. The van der Waals surface area contributed by atoms with Crippen LogP contribution in [-0.4, -0.2) is 3.21 Å². The van der Waals surface area contributed by atoms with E-state index in [1.54, 1.807) is 20.9 Å². The van der Waals surface area contributed by atoms with Crippen LogP contribution in [0, 0.1) is 10.8 Å². The van der Waals surface area contributed by atoms with Gasteiger partial charge < -0.3 is 0 Å². The second-order valence-corrected chi connectivity index (χ2v) is 17.0. The van der Waals surface area contributed by atoms with E-state index in [-0.39, 0.29) is 35.6 Å². The van der Waals surface area contributed by atoms with Gasteiger partial charge in [0.2, 0.25) is 0 Å². The summed E-state index contributed by atoms with van der Waals surface area (Å²) in [6.07, 6.45) is 11.9. The molecule has 2 aromatic carbocycles. The molecule has 34 heavy (non-hydrogen) atoms. The van der Waals surface area contributed by atoms with Crippen molar-refractivity contribution < 1.29 is 21.3 Å². The molecular weight excluding hydrogens is 534 g/mol. The van der Waals surface area contributed by atoms with Gasteiger partial charge in [-0.05, 0) is 0 Å². The predicted octanol–water partition coefficient (Wildman–Crippen LogP) is 9.24. The van der Waals surface area contributed by atoms with Crippen molar-refractivity contribution in [3.05, 3.63) is 114 Å². The molecule has 0 saturated carbocycles. The Morgan fingerprint density at radius 2 is 0.941 bits per heavy atom. The number of benzene rings is 2. The first-order valence-corrected chi connectivity index (χ1v) is 15.5. The predicted molar refractivity (Wildman–Crippen MR) is 151 cm³/mol. The van der Waals surface area contributed by atoms with Gasteiger partial charge in [0.1, 0.15) is 0 Å². The smallest absolute Gasteiger partial charge is 0.147 e. The fourth-order valence-electron chi connectivity index (χ4n) is 5.04. The van der Waals surface area contributed by atoms with Crippen molar-refractivity contribution in [3.8, 4) is 0 Å². The summed E-state index contributed by atoms with van der Waals surface area (Å²) in [5.74, 6) is 0. The van der Waals surface area contributed by atoms with Crippen molar-refractivity contribution in [1.82, 2.24) is 0 Å². The molecule has 180 valence electrons. The molecule has 0 heterocycles. The van der Waals surface area contributed by atoms with Gasteiger partial charge in [-0.25, -0.2) is 0 Å². The zero-order valence-corrected chi connectivity index (χ0v) is 25.4. The molecule has 4 rings (SSSR count). The molecule has 0 N–H and O–H groups in total. The van der Waals surface area contributed by atoms with Crippen molar-refractivity contribution in [2.24, 2.45) is 10.8 Å². The molecule has 0 spiro atoms. The second-order valence-electron chi connectivity index (χ2n) is 11.0. The molecule has 0 nitrogen and oxygen atoms in total. The maximum absolute atomic E-state index is 2.48. The average Bonchev–Trinajstić information content (AvgIpc) is 3.43. The first-order valence-electron chi connectivity index (χ1n) is 11.8. The minimum Gasteiger partial charge on any atom is -0.147 e. The van der Waals surface area contributed by atoms with E-state index >= 15 is 0 Å². The van der Waals surface area contributed by atoms with Crippen LogP contribution in [-0.2, 0) is 21.3 Å². The van der Waals surface area contributed by atoms with Gasteiger partial charge in [0, 0.05) is 0 Å². The van der Waals surface area contributed by atoms with Crippen LogP contribution in [0.15, 0.2) is 103 Å². The summed E-state index contributed by atoms with van der Waals surface area (Å²) in [6.45, 7) is 14.3. The number of allylic oxidation sites excluding steroid dienone is 8. The summed E-state index contributed by atoms with van der Waals surface area (Å²) >= 11 is -2.48. The van der Waals surface area contributed by atoms with E-state index in [4.69, 9.17) is 0 Å². The summed E-state index contributed by atoms with van der Waals surface area (Å²) < 4.78 is 5.17. The SMILES string of the molecule is CC(C)(C)C1=[C]([Zr]([C]2=C(C(C)(C)C)C=CC2)=[C](c2ccccc2)c2ccccc2)CC=C1.Cl.Cl. The normalized spacial score (nSPS) is 15.4. The summed E-state index contributed by atoms with van der Waals surface area (Å²) in [5.41, 5.74) is 6.33. The zero-order chi connectivity index (χ0) is 22.9. The minimum absolute atomic E-state index is 0. The first-order chi connectivity index (χ1) is 15.2. The van der Waals surface area contributed by atoms with Crippen molar-refractivity contribution in [3.63, 3.8) is 0 Å².